The van der Waals surface area contributed by atoms with Gasteiger partial charge in [-0.2, -0.15) is 0 Å². The van der Waals surface area contributed by atoms with Crippen LogP contribution in [0.5, 0.6) is 0 Å². The molecule has 0 saturated heterocycles. The Hall–Kier alpha value is -2.95. The van der Waals surface area contributed by atoms with Crippen molar-refractivity contribution >= 4 is 17.3 Å². The molecule has 3 rings (SSSR count). The van der Waals surface area contributed by atoms with Gasteiger partial charge in [0, 0.05) is 23.9 Å². The standard InChI is InChI=1S/C18H20N5/c1-13-6-7-15(19)11-17(13)21-18-20-16(8-10-23(18)3)14-5-4-9-22(2)12-14/h4-12H,19H2,1-3H3/q+1/p+1. The van der Waals surface area contributed by atoms with Gasteiger partial charge in [0.25, 0.3) is 0 Å². The first-order valence-corrected chi connectivity index (χ1v) is 7.48. The zero-order valence-electron chi connectivity index (χ0n) is 13.6. The van der Waals surface area contributed by atoms with Gasteiger partial charge in [-0.1, -0.05) is 11.1 Å². The van der Waals surface area contributed by atoms with Gasteiger partial charge in [-0.3, -0.25) is 0 Å². The first-order chi connectivity index (χ1) is 11.0. The lowest BCUT2D eigenvalue weighted by Crippen LogP contribution is -2.32. The summed E-state index contributed by atoms with van der Waals surface area (Å²) in [5.74, 6) is 0.766. The molecule has 3 N–H and O–H groups in total. The Balaban J connectivity index is 1.99. The van der Waals surface area contributed by atoms with Crippen LogP contribution in [0.2, 0.25) is 0 Å². The predicted octanol–water partition coefficient (Wildman–Crippen LogP) is 2.03. The maximum atomic E-state index is 5.89. The summed E-state index contributed by atoms with van der Waals surface area (Å²) in [4.78, 5) is 4.75. The molecule has 0 fully saturated rings. The minimum absolute atomic E-state index is 0.729. The normalized spacial score (nSPS) is 10.6. The van der Waals surface area contributed by atoms with Crippen molar-refractivity contribution < 1.29 is 9.13 Å². The van der Waals surface area contributed by atoms with Gasteiger partial charge in [-0.25, -0.2) is 14.5 Å². The van der Waals surface area contributed by atoms with Crippen molar-refractivity contribution in [2.45, 2.75) is 6.92 Å². The van der Waals surface area contributed by atoms with Gasteiger partial charge >= 0.3 is 5.95 Å². The SMILES string of the molecule is Cc1ccc(N)cc1Nc1nc(-c2ccc[n+](C)c2)cc[n+]1C. The molecule has 0 radical (unpaired) electrons. The number of aryl methyl sites for hydroxylation is 3. The van der Waals surface area contributed by atoms with E-state index < -0.39 is 0 Å². The molecule has 0 aliphatic rings. The largest absolute Gasteiger partial charge is 0.399 e. The fraction of sp³-hybridized carbons (Fsp3) is 0.167. The fourth-order valence-corrected chi connectivity index (χ4v) is 2.39. The average Bonchev–Trinajstić information content (AvgIpc) is 2.53. The van der Waals surface area contributed by atoms with Crippen molar-refractivity contribution in [1.82, 2.24) is 4.98 Å². The van der Waals surface area contributed by atoms with Gasteiger partial charge in [0.05, 0.1) is 18.8 Å². The van der Waals surface area contributed by atoms with Crippen molar-refractivity contribution in [2.24, 2.45) is 14.1 Å². The smallest absolute Gasteiger partial charge is 0.396 e. The Kier molecular flexibility index (Phi) is 3.93. The zero-order valence-corrected chi connectivity index (χ0v) is 13.6. The number of nitrogen functional groups attached to an aromatic ring is 1. The Morgan fingerprint density at radius 1 is 1.09 bits per heavy atom. The molecular weight excluding hydrogens is 286 g/mol. The second kappa shape index (κ2) is 6.04. The summed E-state index contributed by atoms with van der Waals surface area (Å²) in [5.41, 5.74) is 10.7. The highest BCUT2D eigenvalue weighted by atomic mass is 15.2. The van der Waals surface area contributed by atoms with E-state index in [1.54, 1.807) is 0 Å². The Bertz CT molecular complexity index is 858. The summed E-state index contributed by atoms with van der Waals surface area (Å²) in [6, 6.07) is 11.9. The maximum absolute atomic E-state index is 5.89. The van der Waals surface area contributed by atoms with Crippen molar-refractivity contribution in [2.75, 3.05) is 11.1 Å². The van der Waals surface area contributed by atoms with Crippen LogP contribution in [0, 0.1) is 6.92 Å². The molecule has 5 nitrogen and oxygen atoms in total. The topological polar surface area (TPSA) is 58.7 Å². The molecule has 2 aromatic heterocycles. The second-order valence-electron chi connectivity index (χ2n) is 5.70. The van der Waals surface area contributed by atoms with E-state index in [1.165, 1.54) is 0 Å². The molecule has 0 atom stereocenters. The molecule has 2 heterocycles. The van der Waals surface area contributed by atoms with Gasteiger partial charge in [0.15, 0.2) is 18.1 Å². The second-order valence-corrected chi connectivity index (χ2v) is 5.70. The zero-order chi connectivity index (χ0) is 16.4. The van der Waals surface area contributed by atoms with Gasteiger partial charge in [-0.05, 0) is 24.6 Å². The first kappa shape index (κ1) is 15.0. The van der Waals surface area contributed by atoms with E-state index in [1.807, 2.05) is 72.9 Å². The number of nitrogens with one attached hydrogen (secondary N) is 1. The predicted molar refractivity (Wildman–Crippen MR) is 90.9 cm³/mol. The third-order valence-corrected chi connectivity index (χ3v) is 3.76. The van der Waals surface area contributed by atoms with Gasteiger partial charge in [0.2, 0.25) is 0 Å². The summed E-state index contributed by atoms with van der Waals surface area (Å²) in [6.45, 7) is 2.04. The lowest BCUT2D eigenvalue weighted by molar-refractivity contribution is -0.671. The maximum Gasteiger partial charge on any atom is 0.396 e. The highest BCUT2D eigenvalue weighted by molar-refractivity contribution is 5.64. The van der Waals surface area contributed by atoms with Crippen LogP contribution < -0.4 is 20.2 Å². The lowest BCUT2D eigenvalue weighted by Gasteiger charge is -2.07. The highest BCUT2D eigenvalue weighted by Gasteiger charge is 2.15. The molecule has 23 heavy (non-hydrogen) atoms. The summed E-state index contributed by atoms with van der Waals surface area (Å²) in [5, 5.41) is 3.37. The lowest BCUT2D eigenvalue weighted by atomic mass is 10.2. The first-order valence-electron chi connectivity index (χ1n) is 7.48. The number of hydrogen-bond donors (Lipinski definition) is 2. The fourth-order valence-electron chi connectivity index (χ4n) is 2.39. The van der Waals surface area contributed by atoms with E-state index in [-0.39, 0.29) is 0 Å². The quantitative estimate of drug-likeness (QED) is 0.575. The highest BCUT2D eigenvalue weighted by Crippen LogP contribution is 2.22. The van der Waals surface area contributed by atoms with Crippen LogP contribution in [0.25, 0.3) is 11.3 Å². The average molecular weight is 307 g/mol. The number of nitrogens with two attached hydrogens (primary N) is 1. The van der Waals surface area contributed by atoms with E-state index in [2.05, 4.69) is 17.6 Å². The van der Waals surface area contributed by atoms with Crippen molar-refractivity contribution in [1.29, 1.82) is 0 Å². The van der Waals surface area contributed by atoms with Crippen molar-refractivity contribution in [3.05, 3.63) is 60.6 Å². The monoisotopic (exact) mass is 307 g/mol. The molecule has 0 saturated carbocycles. The van der Waals surface area contributed by atoms with Crippen molar-refractivity contribution in [3.8, 4) is 11.3 Å². The van der Waals surface area contributed by atoms with E-state index >= 15 is 0 Å². The van der Waals surface area contributed by atoms with Crippen LogP contribution in [0.15, 0.2) is 55.0 Å². The number of aromatic nitrogens is 3. The summed E-state index contributed by atoms with van der Waals surface area (Å²) in [6.07, 6.45) is 6.05. The van der Waals surface area contributed by atoms with Crippen LogP contribution in [-0.2, 0) is 14.1 Å². The summed E-state index contributed by atoms with van der Waals surface area (Å²) in [7, 11) is 3.97. The Morgan fingerprint density at radius 3 is 2.70 bits per heavy atom. The Labute approximate surface area is 136 Å². The molecule has 0 unspecified atom stereocenters. The Morgan fingerprint density at radius 2 is 1.91 bits per heavy atom. The molecule has 0 amide bonds. The van der Waals surface area contributed by atoms with Crippen LogP contribution in [0.3, 0.4) is 0 Å². The van der Waals surface area contributed by atoms with Crippen LogP contribution in [0.1, 0.15) is 5.56 Å². The molecule has 0 aliphatic heterocycles. The molecular formula is C18H21N5+2. The van der Waals surface area contributed by atoms with E-state index in [0.29, 0.717) is 0 Å². The molecule has 3 aromatic rings. The minimum Gasteiger partial charge on any atom is -0.399 e. The van der Waals surface area contributed by atoms with E-state index in [4.69, 9.17) is 10.7 Å². The molecule has 116 valence electrons. The van der Waals surface area contributed by atoms with Crippen LogP contribution >= 0.6 is 0 Å². The van der Waals surface area contributed by atoms with Crippen molar-refractivity contribution in [3.63, 3.8) is 0 Å². The van der Waals surface area contributed by atoms with E-state index in [0.717, 1.165) is 34.1 Å². The number of pyridine rings is 1. The number of hydrogen-bond acceptors (Lipinski definition) is 3. The summed E-state index contributed by atoms with van der Waals surface area (Å²) >= 11 is 0. The molecule has 1 aromatic carbocycles. The molecule has 0 aliphatic carbocycles. The van der Waals surface area contributed by atoms with Gasteiger partial charge in [0.1, 0.15) is 12.7 Å². The van der Waals surface area contributed by atoms with Crippen LogP contribution in [-0.4, -0.2) is 4.98 Å². The van der Waals surface area contributed by atoms with Gasteiger partial charge < -0.3 is 5.73 Å². The van der Waals surface area contributed by atoms with Gasteiger partial charge in [-0.15, -0.1) is 0 Å². The number of benzene rings is 1. The van der Waals surface area contributed by atoms with Crippen LogP contribution in [0.4, 0.5) is 17.3 Å². The molecule has 0 spiro atoms. The number of anilines is 3. The number of rotatable bonds is 3. The summed E-state index contributed by atoms with van der Waals surface area (Å²) < 4.78 is 3.97. The third kappa shape index (κ3) is 3.29. The third-order valence-electron chi connectivity index (χ3n) is 3.76. The molecule has 5 heteroatoms. The number of nitrogens with zero attached hydrogens (tertiary/aromatic N) is 3. The molecule has 0 bridgehead atoms. The van der Waals surface area contributed by atoms with E-state index in [9.17, 15) is 0 Å². The minimum atomic E-state index is 0.729.